The molecule has 2 rings (SSSR count). The number of rotatable bonds is 2. The maximum absolute atomic E-state index is 11.9. The first-order valence-corrected chi connectivity index (χ1v) is 7.38. The van der Waals surface area contributed by atoms with Gasteiger partial charge in [0.2, 0.25) is 0 Å². The van der Waals surface area contributed by atoms with Crippen LogP contribution >= 0.6 is 27.3 Å². The highest BCUT2D eigenvalue weighted by molar-refractivity contribution is 9.10. The van der Waals surface area contributed by atoms with Gasteiger partial charge in [0.15, 0.2) is 0 Å². The number of nitrogens with zero attached hydrogens (tertiary/aromatic N) is 1. The van der Waals surface area contributed by atoms with E-state index in [0.717, 1.165) is 11.3 Å². The third-order valence-electron chi connectivity index (χ3n) is 2.73. The van der Waals surface area contributed by atoms with Crippen LogP contribution in [0.1, 0.15) is 35.2 Å². The van der Waals surface area contributed by atoms with Crippen molar-refractivity contribution in [2.75, 3.05) is 0 Å². The highest BCUT2D eigenvalue weighted by Crippen LogP contribution is 2.29. The number of nitrogens with one attached hydrogen (secondary N) is 1. The first-order valence-electron chi connectivity index (χ1n) is 5.77. The van der Waals surface area contributed by atoms with Crippen molar-refractivity contribution in [3.8, 4) is 11.4 Å². The van der Waals surface area contributed by atoms with Crippen molar-refractivity contribution in [1.82, 2.24) is 9.97 Å². The van der Waals surface area contributed by atoms with E-state index >= 15 is 0 Å². The van der Waals surface area contributed by atoms with Crippen LogP contribution in [0.4, 0.5) is 0 Å². The lowest BCUT2D eigenvalue weighted by Gasteiger charge is -2.09. The zero-order valence-corrected chi connectivity index (χ0v) is 13.2. The molecule has 0 saturated carbocycles. The lowest BCUT2D eigenvalue weighted by atomic mass is 10.1. The Morgan fingerprint density at radius 3 is 2.56 bits per heavy atom. The van der Waals surface area contributed by atoms with Gasteiger partial charge in [-0.2, -0.15) is 0 Å². The van der Waals surface area contributed by atoms with Crippen molar-refractivity contribution in [1.29, 1.82) is 0 Å². The molecule has 0 radical (unpaired) electrons. The Hall–Kier alpha value is -0.940. The summed E-state index contributed by atoms with van der Waals surface area (Å²) in [6, 6.07) is 2.07. The third kappa shape index (κ3) is 2.42. The fraction of sp³-hybridized carbons (Fsp3) is 0.385. The maximum atomic E-state index is 11.9. The second-order valence-electron chi connectivity index (χ2n) is 4.60. The largest absolute Gasteiger partial charge is 0.306 e. The second kappa shape index (κ2) is 4.97. The van der Waals surface area contributed by atoms with E-state index in [1.54, 1.807) is 11.3 Å². The quantitative estimate of drug-likeness (QED) is 0.906. The van der Waals surface area contributed by atoms with Crippen LogP contribution in [0.3, 0.4) is 0 Å². The number of thiophene rings is 1. The summed E-state index contributed by atoms with van der Waals surface area (Å²) in [6.45, 7) is 8.16. The molecule has 2 aromatic heterocycles. The van der Waals surface area contributed by atoms with Crippen LogP contribution in [-0.2, 0) is 0 Å². The van der Waals surface area contributed by atoms with Gasteiger partial charge in [-0.1, -0.05) is 13.8 Å². The number of aryl methyl sites for hydroxylation is 2. The second-order valence-corrected chi connectivity index (χ2v) is 6.85. The predicted octanol–water partition coefficient (Wildman–Crippen LogP) is 4.00. The number of hydrogen-bond acceptors (Lipinski definition) is 3. The molecule has 0 aliphatic heterocycles. The molecule has 2 heterocycles. The fourth-order valence-corrected chi connectivity index (χ4v) is 3.42. The minimum atomic E-state index is -0.119. The summed E-state index contributed by atoms with van der Waals surface area (Å²) in [7, 11) is 0. The maximum Gasteiger partial charge on any atom is 0.265 e. The molecule has 0 bridgehead atoms. The van der Waals surface area contributed by atoms with Crippen LogP contribution in [0.25, 0.3) is 11.4 Å². The molecule has 0 aliphatic carbocycles. The van der Waals surface area contributed by atoms with Crippen molar-refractivity contribution in [3.63, 3.8) is 0 Å². The standard InChI is InChI=1S/C13H15BrN2OS/c1-6(2)11-10(14)13(17)16-12(15-11)9-5-7(3)18-8(9)4/h5-6H,1-4H3,(H,15,16,17). The molecule has 0 atom stereocenters. The van der Waals surface area contributed by atoms with Crippen molar-refractivity contribution in [3.05, 3.63) is 36.3 Å². The van der Waals surface area contributed by atoms with E-state index in [4.69, 9.17) is 0 Å². The summed E-state index contributed by atoms with van der Waals surface area (Å²) in [6.07, 6.45) is 0. The van der Waals surface area contributed by atoms with Crippen LogP contribution in [0.2, 0.25) is 0 Å². The highest BCUT2D eigenvalue weighted by Gasteiger charge is 2.15. The molecule has 0 aromatic carbocycles. The lowest BCUT2D eigenvalue weighted by Crippen LogP contribution is -2.14. The zero-order valence-electron chi connectivity index (χ0n) is 10.8. The molecule has 18 heavy (non-hydrogen) atoms. The number of halogens is 1. The van der Waals surface area contributed by atoms with Gasteiger partial charge in [0.05, 0.1) is 5.69 Å². The molecule has 0 fully saturated rings. The molecular weight excluding hydrogens is 312 g/mol. The molecule has 0 unspecified atom stereocenters. The molecule has 0 saturated heterocycles. The first-order chi connectivity index (χ1) is 8.40. The van der Waals surface area contributed by atoms with Crippen molar-refractivity contribution < 1.29 is 0 Å². The molecule has 0 amide bonds. The number of aromatic nitrogens is 2. The molecule has 96 valence electrons. The van der Waals surface area contributed by atoms with Gasteiger partial charge in [-0.25, -0.2) is 4.98 Å². The summed E-state index contributed by atoms with van der Waals surface area (Å²) < 4.78 is 0.533. The van der Waals surface area contributed by atoms with E-state index in [2.05, 4.69) is 38.9 Å². The summed E-state index contributed by atoms with van der Waals surface area (Å²) in [5, 5.41) is 0. The van der Waals surface area contributed by atoms with Crippen LogP contribution in [0.15, 0.2) is 15.3 Å². The zero-order chi connectivity index (χ0) is 13.4. The van der Waals surface area contributed by atoms with E-state index in [1.807, 2.05) is 20.8 Å². The number of hydrogen-bond donors (Lipinski definition) is 1. The normalized spacial score (nSPS) is 11.2. The Bertz CT molecular complexity index is 643. The summed E-state index contributed by atoms with van der Waals surface area (Å²) >= 11 is 5.02. The Balaban J connectivity index is 2.66. The summed E-state index contributed by atoms with van der Waals surface area (Å²) in [4.78, 5) is 21.7. The monoisotopic (exact) mass is 326 g/mol. The van der Waals surface area contributed by atoms with Gasteiger partial charge < -0.3 is 4.98 Å². The Labute approximate surface area is 118 Å². The number of aromatic amines is 1. The van der Waals surface area contributed by atoms with Gasteiger partial charge in [-0.15, -0.1) is 11.3 Å². The predicted molar refractivity (Wildman–Crippen MR) is 79.4 cm³/mol. The van der Waals surface area contributed by atoms with Crippen LogP contribution < -0.4 is 5.56 Å². The molecule has 0 spiro atoms. The average molecular weight is 327 g/mol. The minimum Gasteiger partial charge on any atom is -0.306 e. The fourth-order valence-electron chi connectivity index (χ4n) is 1.85. The molecule has 0 aliphatic rings. The molecule has 2 aromatic rings. The smallest absolute Gasteiger partial charge is 0.265 e. The third-order valence-corrected chi connectivity index (χ3v) is 4.46. The van der Waals surface area contributed by atoms with Crippen molar-refractivity contribution in [2.45, 2.75) is 33.6 Å². The van der Waals surface area contributed by atoms with Crippen LogP contribution in [-0.4, -0.2) is 9.97 Å². The van der Waals surface area contributed by atoms with Crippen LogP contribution in [0.5, 0.6) is 0 Å². The Morgan fingerprint density at radius 1 is 1.39 bits per heavy atom. The van der Waals surface area contributed by atoms with Gasteiger partial charge in [0.25, 0.3) is 5.56 Å². The van der Waals surface area contributed by atoms with Gasteiger partial charge in [-0.3, -0.25) is 4.79 Å². The Morgan fingerprint density at radius 2 is 2.06 bits per heavy atom. The SMILES string of the molecule is Cc1cc(-c2nc(C(C)C)c(Br)c(=O)[nH]2)c(C)s1. The molecular formula is C13H15BrN2OS. The number of H-pyrrole nitrogens is 1. The van der Waals surface area contributed by atoms with Gasteiger partial charge in [-0.05, 0) is 41.8 Å². The average Bonchev–Trinajstić information content (AvgIpc) is 2.61. The van der Waals surface area contributed by atoms with Crippen molar-refractivity contribution in [2.24, 2.45) is 0 Å². The highest BCUT2D eigenvalue weighted by atomic mass is 79.9. The van der Waals surface area contributed by atoms with E-state index in [9.17, 15) is 4.79 Å². The topological polar surface area (TPSA) is 45.8 Å². The summed E-state index contributed by atoms with van der Waals surface area (Å²) in [5.41, 5.74) is 1.70. The van der Waals surface area contributed by atoms with Gasteiger partial charge in [0, 0.05) is 15.3 Å². The van der Waals surface area contributed by atoms with E-state index in [0.29, 0.717) is 10.3 Å². The Kier molecular flexibility index (Phi) is 3.73. The van der Waals surface area contributed by atoms with Crippen LogP contribution in [0, 0.1) is 13.8 Å². The van der Waals surface area contributed by atoms with Crippen molar-refractivity contribution >= 4 is 27.3 Å². The molecule has 5 heteroatoms. The van der Waals surface area contributed by atoms with Gasteiger partial charge in [0.1, 0.15) is 10.3 Å². The first kappa shape index (κ1) is 13.5. The minimum absolute atomic E-state index is 0.119. The van der Waals surface area contributed by atoms with Gasteiger partial charge >= 0.3 is 0 Å². The molecule has 3 nitrogen and oxygen atoms in total. The van der Waals surface area contributed by atoms with E-state index in [1.165, 1.54) is 9.75 Å². The lowest BCUT2D eigenvalue weighted by molar-refractivity contribution is 0.803. The molecule has 1 N–H and O–H groups in total. The summed E-state index contributed by atoms with van der Waals surface area (Å²) in [5.74, 6) is 0.870. The van der Waals surface area contributed by atoms with E-state index in [-0.39, 0.29) is 11.5 Å². The van der Waals surface area contributed by atoms with E-state index < -0.39 is 0 Å².